The zero-order valence-electron chi connectivity index (χ0n) is 16.2. The molecule has 0 unspecified atom stereocenters. The van der Waals surface area contributed by atoms with Crippen molar-refractivity contribution in [2.45, 2.75) is 13.8 Å². The van der Waals surface area contributed by atoms with Gasteiger partial charge in [0.15, 0.2) is 5.69 Å². The Kier molecular flexibility index (Phi) is 5.93. The summed E-state index contributed by atoms with van der Waals surface area (Å²) < 4.78 is 10.5. The van der Waals surface area contributed by atoms with E-state index in [0.29, 0.717) is 36.9 Å². The monoisotopic (exact) mass is 388 g/mol. The maximum absolute atomic E-state index is 12.8. The van der Waals surface area contributed by atoms with Crippen molar-refractivity contribution in [1.29, 1.82) is 0 Å². The zero-order valence-corrected chi connectivity index (χ0v) is 16.2. The Morgan fingerprint density at radius 1 is 1.18 bits per heavy atom. The molecule has 9 heteroatoms. The molecule has 2 aromatic rings. The van der Waals surface area contributed by atoms with Crippen LogP contribution in [-0.2, 0) is 9.53 Å². The number of aliphatic carboxylic acids is 1. The van der Waals surface area contributed by atoms with Gasteiger partial charge >= 0.3 is 5.97 Å². The molecule has 1 aliphatic heterocycles. The van der Waals surface area contributed by atoms with Crippen LogP contribution in [0, 0.1) is 18.8 Å². The number of hydrogen-bond acceptors (Lipinski definition) is 6. The summed E-state index contributed by atoms with van der Waals surface area (Å²) in [7, 11) is 1.61. The lowest BCUT2D eigenvalue weighted by molar-refractivity contribution is -0.142. The summed E-state index contributed by atoms with van der Waals surface area (Å²) in [6, 6.07) is 7.19. The average Bonchev–Trinajstić information content (AvgIpc) is 3.25. The lowest BCUT2D eigenvalue weighted by Gasteiger charge is -2.14. The van der Waals surface area contributed by atoms with Crippen molar-refractivity contribution in [3.05, 3.63) is 35.7 Å². The maximum atomic E-state index is 12.8. The first-order valence-corrected chi connectivity index (χ1v) is 9.09. The van der Waals surface area contributed by atoms with E-state index in [9.17, 15) is 14.7 Å². The van der Waals surface area contributed by atoms with Crippen LogP contribution < -0.4 is 4.74 Å². The van der Waals surface area contributed by atoms with Crippen LogP contribution in [0.2, 0.25) is 0 Å². The molecule has 9 nitrogen and oxygen atoms in total. The number of benzene rings is 1. The van der Waals surface area contributed by atoms with E-state index in [1.807, 2.05) is 6.92 Å². The van der Waals surface area contributed by atoms with Gasteiger partial charge in [0.05, 0.1) is 23.9 Å². The van der Waals surface area contributed by atoms with Gasteiger partial charge in [-0.25, -0.2) is 0 Å². The number of rotatable bonds is 7. The van der Waals surface area contributed by atoms with Gasteiger partial charge in [-0.2, -0.15) is 9.90 Å². The Bertz CT molecular complexity index is 849. The first kappa shape index (κ1) is 19.8. The number of likely N-dealkylation sites (tertiary alicyclic amines) is 1. The molecule has 2 heterocycles. The van der Waals surface area contributed by atoms with Gasteiger partial charge in [0.2, 0.25) is 0 Å². The van der Waals surface area contributed by atoms with Crippen LogP contribution in [-0.4, -0.2) is 70.3 Å². The van der Waals surface area contributed by atoms with Crippen LogP contribution in [0.1, 0.15) is 23.1 Å². The van der Waals surface area contributed by atoms with Crippen molar-refractivity contribution in [2.75, 3.05) is 33.4 Å². The van der Waals surface area contributed by atoms with E-state index in [1.54, 1.807) is 38.3 Å². The zero-order chi connectivity index (χ0) is 20.3. The fourth-order valence-electron chi connectivity index (χ4n) is 3.21. The molecule has 0 spiro atoms. The number of nitrogens with zero attached hydrogens (tertiary/aromatic N) is 4. The van der Waals surface area contributed by atoms with Gasteiger partial charge in [0, 0.05) is 20.2 Å². The molecular formula is C19H24N4O5. The SMILES string of the molecule is COCCOc1ccc(-n2nc(C)c(C(=O)N3C[C@@H](C)[C@H](C(=O)O)C3)n2)cc1. The first-order chi connectivity index (χ1) is 13.4. The van der Waals surface area contributed by atoms with Gasteiger partial charge in [0.1, 0.15) is 12.4 Å². The number of methoxy groups -OCH3 is 1. The highest BCUT2D eigenvalue weighted by molar-refractivity contribution is 5.94. The van der Waals surface area contributed by atoms with Crippen molar-refractivity contribution in [2.24, 2.45) is 11.8 Å². The highest BCUT2D eigenvalue weighted by Gasteiger charge is 2.38. The Morgan fingerprint density at radius 3 is 2.50 bits per heavy atom. The lowest BCUT2D eigenvalue weighted by Crippen LogP contribution is -2.30. The largest absolute Gasteiger partial charge is 0.491 e. The number of amides is 1. The molecule has 3 rings (SSSR count). The minimum atomic E-state index is -0.879. The fraction of sp³-hybridized carbons (Fsp3) is 0.474. The topological polar surface area (TPSA) is 107 Å². The minimum absolute atomic E-state index is 0.0950. The molecule has 1 N–H and O–H groups in total. The second-order valence-electron chi connectivity index (χ2n) is 6.89. The molecule has 0 bridgehead atoms. The van der Waals surface area contributed by atoms with Gasteiger partial charge in [-0.15, -0.1) is 5.10 Å². The molecule has 0 saturated carbocycles. The Hall–Kier alpha value is -2.94. The molecular weight excluding hydrogens is 364 g/mol. The Morgan fingerprint density at radius 2 is 1.89 bits per heavy atom. The molecule has 2 atom stereocenters. The predicted molar refractivity (Wildman–Crippen MR) is 99.7 cm³/mol. The summed E-state index contributed by atoms with van der Waals surface area (Å²) in [5, 5.41) is 17.9. The molecule has 1 aliphatic rings. The number of aromatic nitrogens is 3. The van der Waals surface area contributed by atoms with Gasteiger partial charge in [-0.05, 0) is 37.1 Å². The number of ether oxygens (including phenoxy) is 2. The highest BCUT2D eigenvalue weighted by atomic mass is 16.5. The van der Waals surface area contributed by atoms with Crippen LogP contribution in [0.25, 0.3) is 5.69 Å². The average molecular weight is 388 g/mol. The number of carbonyl (C=O) groups excluding carboxylic acids is 1. The summed E-state index contributed by atoms with van der Waals surface area (Å²) in [4.78, 5) is 27.0. The smallest absolute Gasteiger partial charge is 0.308 e. The molecule has 1 fully saturated rings. The van der Waals surface area contributed by atoms with Gasteiger partial charge in [-0.3, -0.25) is 9.59 Å². The van der Waals surface area contributed by atoms with Crippen molar-refractivity contribution in [1.82, 2.24) is 19.9 Å². The summed E-state index contributed by atoms with van der Waals surface area (Å²) >= 11 is 0. The standard InChI is InChI=1S/C19H24N4O5/c1-12-10-22(11-16(12)19(25)26)18(24)17-13(2)20-23(21-17)14-4-6-15(7-5-14)28-9-8-27-3/h4-7,12,16H,8-11H2,1-3H3,(H,25,26)/t12-,16-/m1/s1. The van der Waals surface area contributed by atoms with E-state index < -0.39 is 11.9 Å². The summed E-state index contributed by atoms with van der Waals surface area (Å²) in [5.74, 6) is -1.12. The molecule has 1 saturated heterocycles. The molecule has 1 aromatic heterocycles. The maximum Gasteiger partial charge on any atom is 0.308 e. The third-order valence-electron chi connectivity index (χ3n) is 4.83. The van der Waals surface area contributed by atoms with Crippen LogP contribution in [0.3, 0.4) is 0 Å². The second kappa shape index (κ2) is 8.39. The normalized spacial score (nSPS) is 19.0. The van der Waals surface area contributed by atoms with Crippen LogP contribution in [0.4, 0.5) is 0 Å². The van der Waals surface area contributed by atoms with Crippen molar-refractivity contribution in [3.8, 4) is 11.4 Å². The van der Waals surface area contributed by atoms with Crippen LogP contribution >= 0.6 is 0 Å². The minimum Gasteiger partial charge on any atom is -0.491 e. The second-order valence-corrected chi connectivity index (χ2v) is 6.89. The highest BCUT2D eigenvalue weighted by Crippen LogP contribution is 2.25. The molecule has 28 heavy (non-hydrogen) atoms. The van der Waals surface area contributed by atoms with Crippen molar-refractivity contribution in [3.63, 3.8) is 0 Å². The van der Waals surface area contributed by atoms with E-state index in [4.69, 9.17) is 9.47 Å². The van der Waals surface area contributed by atoms with Gasteiger partial charge in [0.25, 0.3) is 5.91 Å². The van der Waals surface area contributed by atoms with Crippen molar-refractivity contribution < 1.29 is 24.2 Å². The summed E-state index contributed by atoms with van der Waals surface area (Å²) in [6.45, 7) is 5.11. The molecule has 0 radical (unpaired) electrons. The number of hydrogen-bond donors (Lipinski definition) is 1. The van der Waals surface area contributed by atoms with Crippen LogP contribution in [0.5, 0.6) is 5.75 Å². The molecule has 150 valence electrons. The number of aryl methyl sites for hydroxylation is 1. The van der Waals surface area contributed by atoms with Crippen molar-refractivity contribution >= 4 is 11.9 Å². The number of carbonyl (C=O) groups is 2. The third kappa shape index (κ3) is 4.14. The van der Waals surface area contributed by atoms with E-state index in [-0.39, 0.29) is 24.1 Å². The quantitative estimate of drug-likeness (QED) is 0.714. The number of carboxylic acids is 1. The fourth-order valence-corrected chi connectivity index (χ4v) is 3.21. The first-order valence-electron chi connectivity index (χ1n) is 9.09. The van der Waals surface area contributed by atoms with E-state index >= 15 is 0 Å². The van der Waals surface area contributed by atoms with Crippen LogP contribution in [0.15, 0.2) is 24.3 Å². The predicted octanol–water partition coefficient (Wildman–Crippen LogP) is 1.39. The molecule has 1 aromatic carbocycles. The van der Waals surface area contributed by atoms with E-state index in [1.165, 1.54) is 9.70 Å². The Labute approximate surface area is 162 Å². The Balaban J connectivity index is 1.72. The van der Waals surface area contributed by atoms with Gasteiger partial charge < -0.3 is 19.5 Å². The third-order valence-corrected chi connectivity index (χ3v) is 4.83. The summed E-state index contributed by atoms with van der Waals surface area (Å²) in [6.07, 6.45) is 0. The lowest BCUT2D eigenvalue weighted by atomic mass is 9.99. The van der Waals surface area contributed by atoms with Gasteiger partial charge in [-0.1, -0.05) is 6.92 Å². The molecule has 1 amide bonds. The molecule has 0 aliphatic carbocycles. The van der Waals surface area contributed by atoms with E-state index in [0.717, 1.165) is 0 Å². The number of carboxylic acid groups (broad SMARTS) is 1. The van der Waals surface area contributed by atoms with E-state index in [2.05, 4.69) is 10.2 Å². The summed E-state index contributed by atoms with van der Waals surface area (Å²) in [5.41, 5.74) is 1.43.